The Hall–Kier alpha value is -1.52. The normalized spacial score (nSPS) is 23.0. The van der Waals surface area contributed by atoms with Gasteiger partial charge in [0.15, 0.2) is 6.29 Å². The lowest BCUT2D eigenvalue weighted by atomic mass is 10.0. The Labute approximate surface area is 112 Å². The number of carbonyl (C=O) groups is 2. The average molecular weight is 262 g/mol. The Kier molecular flexibility index (Phi) is 4.82. The molecule has 1 aliphatic heterocycles. The molecule has 0 N–H and O–H groups in total. The fourth-order valence-corrected chi connectivity index (χ4v) is 2.00. The monoisotopic (exact) mass is 262 g/mol. The first kappa shape index (κ1) is 13.9. The summed E-state index contributed by atoms with van der Waals surface area (Å²) in [5, 5.41) is 0. The Morgan fingerprint density at radius 2 is 1.74 bits per heavy atom. The van der Waals surface area contributed by atoms with Crippen LogP contribution in [0.3, 0.4) is 0 Å². The smallest absolute Gasteiger partial charge is 0.183 e. The van der Waals surface area contributed by atoms with Crippen molar-refractivity contribution in [2.24, 2.45) is 5.92 Å². The van der Waals surface area contributed by atoms with E-state index in [2.05, 4.69) is 0 Å². The number of hydrogen-bond acceptors (Lipinski definition) is 4. The van der Waals surface area contributed by atoms with E-state index in [1.165, 1.54) is 6.92 Å². The van der Waals surface area contributed by atoms with Gasteiger partial charge in [-0.25, -0.2) is 0 Å². The zero-order chi connectivity index (χ0) is 13.7. The maximum atomic E-state index is 11.8. The second-order valence-electron chi connectivity index (χ2n) is 4.77. The lowest BCUT2D eigenvalue weighted by molar-refractivity contribution is -0.205. The maximum absolute atomic E-state index is 11.8. The van der Waals surface area contributed by atoms with E-state index < -0.39 is 6.29 Å². The minimum atomic E-state index is -0.391. The SMILES string of the molecule is CC(=O)CCC(=O)C1COC(c2ccccc2)OC1. The van der Waals surface area contributed by atoms with E-state index in [4.69, 9.17) is 9.47 Å². The number of hydrogen-bond donors (Lipinski definition) is 0. The third-order valence-corrected chi connectivity index (χ3v) is 3.15. The summed E-state index contributed by atoms with van der Waals surface area (Å²) in [6.45, 7) is 2.21. The molecule has 1 aromatic rings. The summed E-state index contributed by atoms with van der Waals surface area (Å²) in [5.41, 5.74) is 0.956. The minimum absolute atomic E-state index is 0.0353. The van der Waals surface area contributed by atoms with Crippen molar-refractivity contribution in [3.05, 3.63) is 35.9 Å². The first-order valence-electron chi connectivity index (χ1n) is 6.47. The lowest BCUT2D eigenvalue weighted by Gasteiger charge is -2.28. The van der Waals surface area contributed by atoms with Gasteiger partial charge in [0.2, 0.25) is 0 Å². The molecule has 0 spiro atoms. The molecule has 1 heterocycles. The lowest BCUT2D eigenvalue weighted by Crippen LogP contribution is -2.32. The second kappa shape index (κ2) is 6.59. The van der Waals surface area contributed by atoms with Gasteiger partial charge in [-0.1, -0.05) is 30.3 Å². The van der Waals surface area contributed by atoms with E-state index in [1.807, 2.05) is 30.3 Å². The van der Waals surface area contributed by atoms with Crippen LogP contribution in [0.4, 0.5) is 0 Å². The molecule has 0 atom stereocenters. The third kappa shape index (κ3) is 3.98. The minimum Gasteiger partial charge on any atom is -0.348 e. The molecule has 0 aromatic heterocycles. The number of benzene rings is 1. The zero-order valence-corrected chi connectivity index (χ0v) is 11.0. The molecule has 2 rings (SSSR count). The zero-order valence-electron chi connectivity index (χ0n) is 11.0. The molecular formula is C15H18O4. The van der Waals surface area contributed by atoms with E-state index in [-0.39, 0.29) is 23.9 Å². The second-order valence-corrected chi connectivity index (χ2v) is 4.77. The van der Waals surface area contributed by atoms with Crippen molar-refractivity contribution >= 4 is 11.6 Å². The molecule has 4 nitrogen and oxygen atoms in total. The Balaban J connectivity index is 1.82. The van der Waals surface area contributed by atoms with Crippen molar-refractivity contribution < 1.29 is 19.1 Å². The molecule has 0 amide bonds. The largest absolute Gasteiger partial charge is 0.348 e. The van der Waals surface area contributed by atoms with Crippen molar-refractivity contribution in [2.75, 3.05) is 13.2 Å². The van der Waals surface area contributed by atoms with Crippen molar-refractivity contribution in [1.29, 1.82) is 0 Å². The predicted octanol–water partition coefficient (Wildman–Crippen LogP) is 2.29. The summed E-state index contributed by atoms with van der Waals surface area (Å²) in [6, 6.07) is 9.64. The summed E-state index contributed by atoms with van der Waals surface area (Å²) >= 11 is 0. The number of ketones is 2. The van der Waals surface area contributed by atoms with Crippen molar-refractivity contribution in [3.63, 3.8) is 0 Å². The Morgan fingerprint density at radius 1 is 1.11 bits per heavy atom. The molecule has 1 saturated heterocycles. The fraction of sp³-hybridized carbons (Fsp3) is 0.467. The van der Waals surface area contributed by atoms with Crippen LogP contribution in [0, 0.1) is 5.92 Å². The number of carbonyl (C=O) groups excluding carboxylic acids is 2. The van der Waals surface area contributed by atoms with E-state index in [1.54, 1.807) is 0 Å². The molecular weight excluding hydrogens is 244 g/mol. The maximum Gasteiger partial charge on any atom is 0.183 e. The molecule has 102 valence electrons. The van der Waals surface area contributed by atoms with E-state index in [0.29, 0.717) is 19.6 Å². The van der Waals surface area contributed by atoms with Gasteiger partial charge in [-0.15, -0.1) is 0 Å². The summed E-state index contributed by atoms with van der Waals surface area (Å²) in [5.74, 6) is -0.172. The Morgan fingerprint density at radius 3 is 2.32 bits per heavy atom. The molecule has 1 aliphatic rings. The Bertz CT molecular complexity index is 433. The van der Waals surface area contributed by atoms with Crippen LogP contribution in [0.15, 0.2) is 30.3 Å². The summed E-state index contributed by atoms with van der Waals surface area (Å²) in [6.07, 6.45) is 0.193. The molecule has 4 heteroatoms. The molecule has 1 fully saturated rings. The van der Waals surface area contributed by atoms with Crippen LogP contribution in [0.25, 0.3) is 0 Å². The molecule has 0 saturated carbocycles. The fourth-order valence-electron chi connectivity index (χ4n) is 2.00. The first-order valence-corrected chi connectivity index (χ1v) is 6.47. The van der Waals surface area contributed by atoms with Crippen molar-refractivity contribution in [3.8, 4) is 0 Å². The molecule has 0 radical (unpaired) electrons. The van der Waals surface area contributed by atoms with Gasteiger partial charge in [0.25, 0.3) is 0 Å². The quantitative estimate of drug-likeness (QED) is 0.817. The predicted molar refractivity (Wildman–Crippen MR) is 69.5 cm³/mol. The van der Waals surface area contributed by atoms with Crippen LogP contribution >= 0.6 is 0 Å². The van der Waals surface area contributed by atoms with Gasteiger partial charge >= 0.3 is 0 Å². The van der Waals surface area contributed by atoms with Gasteiger partial charge in [0.05, 0.1) is 19.1 Å². The van der Waals surface area contributed by atoms with Gasteiger partial charge in [0.1, 0.15) is 11.6 Å². The highest BCUT2D eigenvalue weighted by molar-refractivity contribution is 5.86. The molecule has 19 heavy (non-hydrogen) atoms. The third-order valence-electron chi connectivity index (χ3n) is 3.15. The van der Waals surface area contributed by atoms with Gasteiger partial charge in [0, 0.05) is 18.4 Å². The summed E-state index contributed by atoms with van der Waals surface area (Å²) in [4.78, 5) is 22.7. The van der Waals surface area contributed by atoms with E-state index in [9.17, 15) is 9.59 Å². The van der Waals surface area contributed by atoms with Crippen LogP contribution in [-0.2, 0) is 19.1 Å². The molecule has 1 aromatic carbocycles. The van der Waals surface area contributed by atoms with Crippen molar-refractivity contribution in [2.45, 2.75) is 26.1 Å². The van der Waals surface area contributed by atoms with Gasteiger partial charge in [-0.3, -0.25) is 4.79 Å². The topological polar surface area (TPSA) is 52.6 Å². The van der Waals surface area contributed by atoms with Gasteiger partial charge < -0.3 is 14.3 Å². The first-order chi connectivity index (χ1) is 9.16. The number of rotatable bonds is 5. The highest BCUT2D eigenvalue weighted by Gasteiger charge is 2.27. The number of Topliss-reactive ketones (excluding diaryl/α,β-unsaturated/α-hetero) is 2. The summed E-state index contributed by atoms with van der Waals surface area (Å²) in [7, 11) is 0. The highest BCUT2D eigenvalue weighted by atomic mass is 16.7. The van der Waals surface area contributed by atoms with Gasteiger partial charge in [-0.2, -0.15) is 0 Å². The van der Waals surface area contributed by atoms with Crippen LogP contribution in [0.5, 0.6) is 0 Å². The van der Waals surface area contributed by atoms with Gasteiger partial charge in [-0.05, 0) is 6.92 Å². The van der Waals surface area contributed by atoms with Crippen LogP contribution in [-0.4, -0.2) is 24.8 Å². The molecule has 0 aliphatic carbocycles. The van der Waals surface area contributed by atoms with Crippen molar-refractivity contribution in [1.82, 2.24) is 0 Å². The summed E-state index contributed by atoms with van der Waals surface area (Å²) < 4.78 is 11.2. The van der Waals surface area contributed by atoms with Crippen LogP contribution in [0.1, 0.15) is 31.6 Å². The molecule has 0 unspecified atom stereocenters. The van der Waals surface area contributed by atoms with E-state index in [0.717, 1.165) is 5.56 Å². The average Bonchev–Trinajstić information content (AvgIpc) is 2.46. The van der Waals surface area contributed by atoms with Crippen LogP contribution < -0.4 is 0 Å². The molecule has 0 bridgehead atoms. The standard InChI is InChI=1S/C15H18O4/c1-11(16)7-8-14(17)13-9-18-15(19-10-13)12-5-3-2-4-6-12/h2-6,13,15H,7-10H2,1H3. The van der Waals surface area contributed by atoms with E-state index >= 15 is 0 Å². The highest BCUT2D eigenvalue weighted by Crippen LogP contribution is 2.25. The number of ether oxygens (including phenoxy) is 2. The van der Waals surface area contributed by atoms with Crippen LogP contribution in [0.2, 0.25) is 0 Å².